The van der Waals surface area contributed by atoms with Crippen LogP contribution in [0.4, 0.5) is 0 Å². The summed E-state index contributed by atoms with van der Waals surface area (Å²) in [4.78, 5) is 11.1. The summed E-state index contributed by atoms with van der Waals surface area (Å²) in [6, 6.07) is 5.68. The van der Waals surface area contributed by atoms with Gasteiger partial charge >= 0.3 is 0 Å². The fourth-order valence-corrected chi connectivity index (χ4v) is 2.21. The Morgan fingerprint density at radius 3 is 2.95 bits per heavy atom. The summed E-state index contributed by atoms with van der Waals surface area (Å²) in [6.07, 6.45) is 4.09. The predicted molar refractivity (Wildman–Crippen MR) is 79.1 cm³/mol. The largest absolute Gasteiger partial charge is 0.366 e. The predicted octanol–water partition coefficient (Wildman–Crippen LogP) is 2.12. The lowest BCUT2D eigenvalue weighted by Crippen LogP contribution is -2.16. The van der Waals surface area contributed by atoms with Crippen molar-refractivity contribution in [3.63, 3.8) is 0 Å². The molecule has 106 valence electrons. The number of primary amides is 1. The van der Waals surface area contributed by atoms with E-state index in [0.29, 0.717) is 17.1 Å². The molecule has 1 aromatic carbocycles. The molecule has 0 aliphatic heterocycles. The third-order valence-corrected chi connectivity index (χ3v) is 3.21. The van der Waals surface area contributed by atoms with E-state index in [1.165, 1.54) is 6.20 Å². The number of benzene rings is 1. The van der Waals surface area contributed by atoms with E-state index in [1.54, 1.807) is 16.9 Å². The SMILES string of the molecule is CCCNCc1cccc(Cl)c1-n1cc(C(N)=O)cn1. The van der Waals surface area contributed by atoms with Crippen LogP contribution >= 0.6 is 11.6 Å². The highest BCUT2D eigenvalue weighted by Gasteiger charge is 2.12. The maximum Gasteiger partial charge on any atom is 0.251 e. The molecule has 0 aliphatic rings. The van der Waals surface area contributed by atoms with Gasteiger partial charge in [-0.15, -0.1) is 0 Å². The monoisotopic (exact) mass is 292 g/mol. The first-order valence-corrected chi connectivity index (χ1v) is 6.84. The molecule has 0 radical (unpaired) electrons. The van der Waals surface area contributed by atoms with Crippen molar-refractivity contribution in [2.45, 2.75) is 19.9 Å². The summed E-state index contributed by atoms with van der Waals surface area (Å²) in [7, 11) is 0. The molecule has 1 amide bonds. The van der Waals surface area contributed by atoms with E-state index in [0.717, 1.165) is 24.2 Å². The second kappa shape index (κ2) is 6.54. The minimum absolute atomic E-state index is 0.359. The molecule has 1 aromatic heterocycles. The number of halogens is 1. The van der Waals surface area contributed by atoms with Crippen LogP contribution in [-0.4, -0.2) is 22.2 Å². The summed E-state index contributed by atoms with van der Waals surface area (Å²) in [6.45, 7) is 3.73. The molecule has 0 atom stereocenters. The number of nitrogens with zero attached hydrogens (tertiary/aromatic N) is 2. The van der Waals surface area contributed by atoms with Gasteiger partial charge in [0.2, 0.25) is 0 Å². The topological polar surface area (TPSA) is 72.9 Å². The molecule has 0 unspecified atom stereocenters. The number of aromatic nitrogens is 2. The molecule has 2 rings (SSSR count). The number of nitrogens with two attached hydrogens (primary N) is 1. The van der Waals surface area contributed by atoms with Gasteiger partial charge in [-0.05, 0) is 24.6 Å². The van der Waals surface area contributed by atoms with Crippen LogP contribution < -0.4 is 11.1 Å². The van der Waals surface area contributed by atoms with Crippen LogP contribution in [-0.2, 0) is 6.54 Å². The Morgan fingerprint density at radius 1 is 1.50 bits per heavy atom. The van der Waals surface area contributed by atoms with Crippen molar-refractivity contribution >= 4 is 17.5 Å². The highest BCUT2D eigenvalue weighted by Crippen LogP contribution is 2.24. The van der Waals surface area contributed by atoms with Crippen LogP contribution in [0.25, 0.3) is 5.69 Å². The molecule has 0 bridgehead atoms. The van der Waals surface area contributed by atoms with E-state index in [9.17, 15) is 4.79 Å². The Balaban J connectivity index is 2.35. The van der Waals surface area contributed by atoms with Crippen LogP contribution in [0.3, 0.4) is 0 Å². The lowest BCUT2D eigenvalue weighted by Gasteiger charge is -2.12. The molecular weight excluding hydrogens is 276 g/mol. The molecule has 6 heteroatoms. The van der Waals surface area contributed by atoms with Crippen molar-refractivity contribution in [1.29, 1.82) is 0 Å². The number of carbonyl (C=O) groups excluding carboxylic acids is 1. The van der Waals surface area contributed by atoms with Crippen molar-refractivity contribution < 1.29 is 4.79 Å². The van der Waals surface area contributed by atoms with E-state index in [2.05, 4.69) is 17.3 Å². The molecular formula is C14H17ClN4O. The number of carbonyl (C=O) groups is 1. The summed E-state index contributed by atoms with van der Waals surface area (Å²) in [5, 5.41) is 8.07. The fraction of sp³-hybridized carbons (Fsp3) is 0.286. The summed E-state index contributed by atoms with van der Waals surface area (Å²) in [5.41, 5.74) is 7.39. The Morgan fingerprint density at radius 2 is 2.30 bits per heavy atom. The zero-order valence-electron chi connectivity index (χ0n) is 11.3. The van der Waals surface area contributed by atoms with Gasteiger partial charge < -0.3 is 11.1 Å². The van der Waals surface area contributed by atoms with Gasteiger partial charge in [-0.2, -0.15) is 5.10 Å². The van der Waals surface area contributed by atoms with E-state index in [-0.39, 0.29) is 0 Å². The third-order valence-electron chi connectivity index (χ3n) is 2.91. The molecule has 0 saturated heterocycles. The standard InChI is InChI=1S/C14H17ClN4O/c1-2-6-17-7-10-4-3-5-12(15)13(10)19-9-11(8-18-19)14(16)20/h3-5,8-9,17H,2,6-7H2,1H3,(H2,16,20). The van der Waals surface area contributed by atoms with E-state index in [4.69, 9.17) is 17.3 Å². The van der Waals surface area contributed by atoms with Gasteiger partial charge in [0, 0.05) is 12.7 Å². The van der Waals surface area contributed by atoms with E-state index in [1.807, 2.05) is 12.1 Å². The minimum atomic E-state index is -0.506. The Bertz CT molecular complexity index is 609. The fourth-order valence-electron chi connectivity index (χ4n) is 1.93. The Kier molecular flexibility index (Phi) is 4.76. The molecule has 0 spiro atoms. The quantitative estimate of drug-likeness (QED) is 0.801. The highest BCUT2D eigenvalue weighted by atomic mass is 35.5. The first-order chi connectivity index (χ1) is 9.63. The van der Waals surface area contributed by atoms with Gasteiger partial charge in [-0.25, -0.2) is 4.68 Å². The average Bonchev–Trinajstić information content (AvgIpc) is 2.88. The Labute approximate surface area is 122 Å². The van der Waals surface area contributed by atoms with Crippen molar-refractivity contribution in [3.05, 3.63) is 46.7 Å². The van der Waals surface area contributed by atoms with Crippen molar-refractivity contribution in [2.24, 2.45) is 5.73 Å². The average molecular weight is 293 g/mol. The number of hydrogen-bond donors (Lipinski definition) is 2. The summed E-state index contributed by atoms with van der Waals surface area (Å²) < 4.78 is 1.59. The van der Waals surface area contributed by atoms with Gasteiger partial charge in [0.1, 0.15) is 0 Å². The first kappa shape index (κ1) is 14.6. The highest BCUT2D eigenvalue weighted by molar-refractivity contribution is 6.32. The molecule has 1 heterocycles. The van der Waals surface area contributed by atoms with Crippen LogP contribution in [0, 0.1) is 0 Å². The second-order valence-corrected chi connectivity index (χ2v) is 4.87. The van der Waals surface area contributed by atoms with Gasteiger partial charge in [-0.3, -0.25) is 4.79 Å². The first-order valence-electron chi connectivity index (χ1n) is 6.46. The number of nitrogens with one attached hydrogen (secondary N) is 1. The third kappa shape index (κ3) is 3.18. The second-order valence-electron chi connectivity index (χ2n) is 4.46. The number of hydrogen-bond acceptors (Lipinski definition) is 3. The zero-order chi connectivity index (χ0) is 14.5. The van der Waals surface area contributed by atoms with Gasteiger partial charge in [0.25, 0.3) is 5.91 Å². The van der Waals surface area contributed by atoms with Gasteiger partial charge in [-0.1, -0.05) is 30.7 Å². The zero-order valence-corrected chi connectivity index (χ0v) is 12.0. The van der Waals surface area contributed by atoms with Gasteiger partial charge in [0.15, 0.2) is 0 Å². The molecule has 5 nitrogen and oxygen atoms in total. The number of rotatable bonds is 6. The van der Waals surface area contributed by atoms with Crippen LogP contribution in [0.1, 0.15) is 29.3 Å². The number of amides is 1. The van der Waals surface area contributed by atoms with Crippen LogP contribution in [0.2, 0.25) is 5.02 Å². The molecule has 0 saturated carbocycles. The van der Waals surface area contributed by atoms with Crippen molar-refractivity contribution in [2.75, 3.05) is 6.54 Å². The maximum atomic E-state index is 11.1. The number of para-hydroxylation sites is 1. The molecule has 2 aromatic rings. The van der Waals surface area contributed by atoms with Crippen LogP contribution in [0.5, 0.6) is 0 Å². The lowest BCUT2D eigenvalue weighted by molar-refractivity contribution is 0.100. The Hall–Kier alpha value is -1.85. The van der Waals surface area contributed by atoms with Gasteiger partial charge in [0.05, 0.1) is 22.5 Å². The molecule has 20 heavy (non-hydrogen) atoms. The smallest absolute Gasteiger partial charge is 0.251 e. The van der Waals surface area contributed by atoms with E-state index < -0.39 is 5.91 Å². The minimum Gasteiger partial charge on any atom is -0.366 e. The normalized spacial score (nSPS) is 10.7. The van der Waals surface area contributed by atoms with Crippen molar-refractivity contribution in [1.82, 2.24) is 15.1 Å². The molecule has 0 fully saturated rings. The van der Waals surface area contributed by atoms with Crippen LogP contribution in [0.15, 0.2) is 30.6 Å². The summed E-state index contributed by atoms with van der Waals surface area (Å²) >= 11 is 6.26. The lowest BCUT2D eigenvalue weighted by atomic mass is 10.1. The maximum absolute atomic E-state index is 11.1. The van der Waals surface area contributed by atoms with E-state index >= 15 is 0 Å². The molecule has 3 N–H and O–H groups in total. The van der Waals surface area contributed by atoms with Crippen molar-refractivity contribution in [3.8, 4) is 5.69 Å². The summed E-state index contributed by atoms with van der Waals surface area (Å²) in [5.74, 6) is -0.506. The molecule has 0 aliphatic carbocycles.